The Kier molecular flexibility index (Phi) is 6.10. The molecule has 0 atom stereocenters. The number of carbonyl (C=O) groups excluding carboxylic acids is 2. The Balaban J connectivity index is 1.75. The molecule has 0 bridgehead atoms. The molecule has 0 spiro atoms. The molecule has 4 aromatic rings. The van der Waals surface area contributed by atoms with Gasteiger partial charge in [-0.2, -0.15) is 0 Å². The third-order valence-electron chi connectivity index (χ3n) is 5.75. The van der Waals surface area contributed by atoms with Crippen molar-refractivity contribution in [2.24, 2.45) is 0 Å². The van der Waals surface area contributed by atoms with Gasteiger partial charge >= 0.3 is 11.9 Å². The van der Waals surface area contributed by atoms with E-state index in [0.717, 1.165) is 10.9 Å². The van der Waals surface area contributed by atoms with Crippen LogP contribution in [0.2, 0.25) is 0 Å². The minimum atomic E-state index is -0.716. The van der Waals surface area contributed by atoms with Crippen molar-refractivity contribution in [1.29, 1.82) is 0 Å². The van der Waals surface area contributed by atoms with Gasteiger partial charge in [-0.05, 0) is 50.9 Å². The first-order valence-electron chi connectivity index (χ1n) is 10.7. The summed E-state index contributed by atoms with van der Waals surface area (Å²) < 4.78 is 10.5. The minimum absolute atomic E-state index is 0.101. The van der Waals surface area contributed by atoms with Gasteiger partial charge in [0.1, 0.15) is 13.2 Å². The molecule has 0 radical (unpaired) electrons. The van der Waals surface area contributed by atoms with Crippen molar-refractivity contribution in [3.63, 3.8) is 0 Å². The molecule has 164 valence electrons. The molecule has 0 unspecified atom stereocenters. The third-order valence-corrected chi connectivity index (χ3v) is 5.75. The predicted octanol–water partition coefficient (Wildman–Crippen LogP) is 5.12. The number of nitrogens with one attached hydrogen (secondary N) is 1. The van der Waals surface area contributed by atoms with Crippen LogP contribution in [0.1, 0.15) is 26.3 Å². The Morgan fingerprint density at radius 1 is 0.750 bits per heavy atom. The van der Waals surface area contributed by atoms with E-state index >= 15 is 0 Å². The average Bonchev–Trinajstić information content (AvgIpc) is 2.80. The van der Waals surface area contributed by atoms with Crippen LogP contribution >= 0.6 is 0 Å². The summed E-state index contributed by atoms with van der Waals surface area (Å²) >= 11 is 0. The van der Waals surface area contributed by atoms with Gasteiger partial charge in [-0.15, -0.1) is 0 Å². The number of hydrogen-bond donors (Lipinski definition) is 1. The molecular weight excluding hydrogens is 402 g/mol. The van der Waals surface area contributed by atoms with Crippen LogP contribution in [0.5, 0.6) is 0 Å². The lowest BCUT2D eigenvalue weighted by Gasteiger charge is -2.30. The quantitative estimate of drug-likeness (QED) is 0.326. The fraction of sp³-hybridized carbons (Fsp3) is 0.259. The van der Waals surface area contributed by atoms with Gasteiger partial charge in [0.25, 0.3) is 0 Å². The molecule has 4 aromatic carbocycles. The first-order valence-corrected chi connectivity index (χ1v) is 10.7. The van der Waals surface area contributed by atoms with Gasteiger partial charge < -0.3 is 14.8 Å². The largest absolute Gasteiger partial charge is 0.464 e. The smallest absolute Gasteiger partial charge is 0.302 e. The predicted molar refractivity (Wildman–Crippen MR) is 127 cm³/mol. The molecule has 0 aliphatic carbocycles. The molecule has 4 rings (SSSR count). The van der Waals surface area contributed by atoms with Crippen LogP contribution in [0.15, 0.2) is 66.7 Å². The van der Waals surface area contributed by atoms with E-state index in [2.05, 4.69) is 59.9 Å². The minimum Gasteiger partial charge on any atom is -0.464 e. The normalized spacial score (nSPS) is 11.7. The molecular formula is C27H27NO4. The number of benzene rings is 4. The fourth-order valence-electron chi connectivity index (χ4n) is 4.06. The first kappa shape index (κ1) is 21.8. The van der Waals surface area contributed by atoms with E-state index in [1.165, 1.54) is 40.8 Å². The van der Waals surface area contributed by atoms with E-state index in [0.29, 0.717) is 6.54 Å². The maximum atomic E-state index is 11.4. The van der Waals surface area contributed by atoms with E-state index in [1.807, 2.05) is 19.1 Å². The molecule has 0 fully saturated rings. The second-order valence-corrected chi connectivity index (χ2v) is 8.44. The zero-order chi connectivity index (χ0) is 22.7. The summed E-state index contributed by atoms with van der Waals surface area (Å²) in [5.74, 6) is -0.744. The van der Waals surface area contributed by atoms with Crippen LogP contribution < -0.4 is 5.32 Å². The topological polar surface area (TPSA) is 64.6 Å². The summed E-state index contributed by atoms with van der Waals surface area (Å²) in [4.78, 5) is 22.8. The molecule has 0 amide bonds. The number of ether oxygens (including phenoxy) is 2. The lowest BCUT2D eigenvalue weighted by atomic mass is 9.93. The lowest BCUT2D eigenvalue weighted by molar-refractivity contribution is -0.147. The molecule has 5 heteroatoms. The van der Waals surface area contributed by atoms with Gasteiger partial charge in [0.05, 0.1) is 5.54 Å². The average molecular weight is 430 g/mol. The number of carbonyl (C=O) groups is 2. The molecule has 0 aliphatic rings. The Hall–Kier alpha value is -3.44. The monoisotopic (exact) mass is 429 g/mol. The Labute approximate surface area is 187 Å². The van der Waals surface area contributed by atoms with Crippen molar-refractivity contribution in [3.8, 4) is 0 Å². The van der Waals surface area contributed by atoms with Gasteiger partial charge in [-0.1, -0.05) is 60.7 Å². The standard InChI is InChI=1S/C27H27NO4/c1-18(29)31-16-27(3,17-32-19(2)30)28-15-21-14-26-22-9-5-4-8-20(22)12-13-25(26)24-11-7-6-10-23(21)24/h4-14,28H,15-17H2,1-3H3. The van der Waals surface area contributed by atoms with E-state index < -0.39 is 5.54 Å². The van der Waals surface area contributed by atoms with Crippen LogP contribution in [0.25, 0.3) is 32.3 Å². The molecule has 5 nitrogen and oxygen atoms in total. The molecule has 0 heterocycles. The number of hydrogen-bond acceptors (Lipinski definition) is 5. The Morgan fingerprint density at radius 3 is 1.97 bits per heavy atom. The summed E-state index contributed by atoms with van der Waals surface area (Å²) in [5.41, 5.74) is 0.410. The summed E-state index contributed by atoms with van der Waals surface area (Å²) in [7, 11) is 0. The molecule has 0 aliphatic heterocycles. The van der Waals surface area contributed by atoms with Crippen molar-refractivity contribution in [3.05, 3.63) is 72.3 Å². The SMILES string of the molecule is CC(=O)OCC(C)(COC(C)=O)NCc1cc2c3ccccc3ccc2c2ccccc12. The highest BCUT2D eigenvalue weighted by molar-refractivity contribution is 6.18. The second kappa shape index (κ2) is 8.97. The van der Waals surface area contributed by atoms with Gasteiger partial charge in [-0.25, -0.2) is 0 Å². The van der Waals surface area contributed by atoms with Crippen LogP contribution in [-0.2, 0) is 25.6 Å². The van der Waals surface area contributed by atoms with Gasteiger partial charge in [-0.3, -0.25) is 9.59 Å². The highest BCUT2D eigenvalue weighted by Gasteiger charge is 2.27. The molecule has 0 saturated carbocycles. The lowest BCUT2D eigenvalue weighted by Crippen LogP contribution is -2.50. The maximum Gasteiger partial charge on any atom is 0.302 e. The zero-order valence-electron chi connectivity index (χ0n) is 18.6. The van der Waals surface area contributed by atoms with Gasteiger partial charge in [0.15, 0.2) is 0 Å². The van der Waals surface area contributed by atoms with Crippen LogP contribution in [0.3, 0.4) is 0 Å². The van der Waals surface area contributed by atoms with Crippen molar-refractivity contribution < 1.29 is 19.1 Å². The highest BCUT2D eigenvalue weighted by Crippen LogP contribution is 2.33. The summed E-state index contributed by atoms with van der Waals surface area (Å²) in [5, 5.41) is 10.6. The molecule has 0 aromatic heterocycles. The summed E-state index contributed by atoms with van der Waals surface area (Å²) in [6.45, 7) is 5.35. The van der Waals surface area contributed by atoms with Crippen LogP contribution in [-0.4, -0.2) is 30.7 Å². The van der Waals surface area contributed by atoms with Crippen molar-refractivity contribution in [1.82, 2.24) is 5.32 Å². The van der Waals surface area contributed by atoms with Crippen molar-refractivity contribution in [2.45, 2.75) is 32.9 Å². The number of rotatable bonds is 7. The molecule has 32 heavy (non-hydrogen) atoms. The van der Waals surface area contributed by atoms with Crippen molar-refractivity contribution >= 4 is 44.3 Å². The fourth-order valence-corrected chi connectivity index (χ4v) is 4.06. The molecule has 1 N–H and O–H groups in total. The zero-order valence-corrected chi connectivity index (χ0v) is 18.6. The Bertz CT molecular complexity index is 1290. The number of esters is 2. The van der Waals surface area contributed by atoms with Gasteiger partial charge in [0, 0.05) is 20.4 Å². The Morgan fingerprint density at radius 2 is 1.31 bits per heavy atom. The van der Waals surface area contributed by atoms with Crippen LogP contribution in [0, 0.1) is 0 Å². The van der Waals surface area contributed by atoms with E-state index in [1.54, 1.807) is 0 Å². The van der Waals surface area contributed by atoms with Crippen molar-refractivity contribution in [2.75, 3.05) is 13.2 Å². The van der Waals surface area contributed by atoms with Gasteiger partial charge in [0.2, 0.25) is 0 Å². The maximum absolute atomic E-state index is 11.4. The second-order valence-electron chi connectivity index (χ2n) is 8.44. The summed E-state index contributed by atoms with van der Waals surface area (Å²) in [6, 6.07) is 23.3. The highest BCUT2D eigenvalue weighted by atomic mass is 16.5. The van der Waals surface area contributed by atoms with E-state index in [9.17, 15) is 9.59 Å². The van der Waals surface area contributed by atoms with E-state index in [-0.39, 0.29) is 25.2 Å². The molecule has 0 saturated heterocycles. The third kappa shape index (κ3) is 4.58. The summed E-state index contributed by atoms with van der Waals surface area (Å²) in [6.07, 6.45) is 0. The first-order chi connectivity index (χ1) is 15.4. The van der Waals surface area contributed by atoms with Crippen LogP contribution in [0.4, 0.5) is 0 Å². The number of fused-ring (bicyclic) bond motifs is 5. The van der Waals surface area contributed by atoms with E-state index in [4.69, 9.17) is 9.47 Å².